The van der Waals surface area contributed by atoms with Gasteiger partial charge in [0.15, 0.2) is 5.78 Å². The number of sulfonamides is 1. The van der Waals surface area contributed by atoms with E-state index in [0.29, 0.717) is 41.3 Å². The Morgan fingerprint density at radius 2 is 1.60 bits per heavy atom. The summed E-state index contributed by atoms with van der Waals surface area (Å²) in [6, 6.07) is 22.4. The van der Waals surface area contributed by atoms with E-state index < -0.39 is 10.0 Å². The summed E-state index contributed by atoms with van der Waals surface area (Å²) in [7, 11) is -0.371. The normalized spacial score (nSPS) is 17.7. The van der Waals surface area contributed by atoms with Gasteiger partial charge in [-0.3, -0.25) is 9.22 Å². The molecule has 2 aliphatic rings. The maximum atomic E-state index is 13.7. The number of hydrogen-bond acceptors (Lipinski definition) is 5. The van der Waals surface area contributed by atoms with E-state index in [4.69, 9.17) is 9.16 Å². The predicted molar refractivity (Wildman–Crippen MR) is 181 cm³/mol. The maximum absolute atomic E-state index is 13.7. The molecule has 0 spiro atoms. The van der Waals surface area contributed by atoms with E-state index in [-0.39, 0.29) is 10.7 Å². The third-order valence-corrected chi connectivity index (χ3v) is 9.89. The molecule has 7 nitrogen and oxygen atoms in total. The zero-order valence-electron chi connectivity index (χ0n) is 26.1. The van der Waals surface area contributed by atoms with Gasteiger partial charge in [0.2, 0.25) is 10.0 Å². The predicted octanol–water partition coefficient (Wildman–Crippen LogP) is 7.28. The van der Waals surface area contributed by atoms with E-state index in [1.54, 1.807) is 38.5 Å². The van der Waals surface area contributed by atoms with Gasteiger partial charge in [-0.1, -0.05) is 50.3 Å². The molecule has 0 amide bonds. The first-order valence-corrected chi connectivity index (χ1v) is 16.2. The molecule has 0 saturated carbocycles. The van der Waals surface area contributed by atoms with Gasteiger partial charge < -0.3 is 10.1 Å². The number of para-hydroxylation sites is 1. The van der Waals surface area contributed by atoms with Crippen LogP contribution in [-0.4, -0.2) is 51.6 Å². The fraction of sp³-hybridized carbons (Fsp3) is 0.189. The maximum Gasteiger partial charge on any atom is 0.351 e. The van der Waals surface area contributed by atoms with Crippen molar-refractivity contribution in [2.75, 3.05) is 32.6 Å². The summed E-state index contributed by atoms with van der Waals surface area (Å²) in [5.74, 6) is 1.10. The molecule has 0 atom stereocenters. The van der Waals surface area contributed by atoms with Crippen molar-refractivity contribution in [1.29, 1.82) is 0 Å². The molecule has 0 radical (unpaired) electrons. The SMILES string of the molecule is CCN(CC)S(=O)(=O)c1ccc(C=C2C=C(OC)C(C=C3C(=O)c4ccc(Nc5ccccc5)cc4C=C3C)=CC2=[O+]C)cc1. The zero-order chi connectivity index (χ0) is 32.1. The summed E-state index contributed by atoms with van der Waals surface area (Å²) >= 11 is 0. The van der Waals surface area contributed by atoms with Crippen molar-refractivity contribution in [2.24, 2.45) is 0 Å². The van der Waals surface area contributed by atoms with Gasteiger partial charge >= 0.3 is 5.78 Å². The lowest BCUT2D eigenvalue weighted by Crippen LogP contribution is -2.30. The van der Waals surface area contributed by atoms with E-state index in [1.165, 1.54) is 4.31 Å². The minimum Gasteiger partial charge on any atom is -0.496 e. The van der Waals surface area contributed by atoms with Crippen molar-refractivity contribution in [1.82, 2.24) is 4.31 Å². The Hall–Kier alpha value is -4.79. The van der Waals surface area contributed by atoms with Crippen LogP contribution < -0.4 is 5.32 Å². The summed E-state index contributed by atoms with van der Waals surface area (Å²) in [6.45, 7) is 6.40. The number of nitrogens with one attached hydrogen (secondary N) is 1. The van der Waals surface area contributed by atoms with Crippen LogP contribution in [0.25, 0.3) is 12.2 Å². The molecule has 0 aliphatic heterocycles. The molecule has 0 heterocycles. The summed E-state index contributed by atoms with van der Waals surface area (Å²) in [4.78, 5) is 13.9. The second kappa shape index (κ2) is 13.5. The molecule has 0 aromatic heterocycles. The quantitative estimate of drug-likeness (QED) is 0.201. The first-order chi connectivity index (χ1) is 21.7. The molecular weight excluding hydrogens is 584 g/mol. The summed E-state index contributed by atoms with van der Waals surface area (Å²) in [5.41, 5.74) is 7.06. The lowest BCUT2D eigenvalue weighted by Gasteiger charge is -2.19. The van der Waals surface area contributed by atoms with Gasteiger partial charge in [0.25, 0.3) is 7.11 Å². The Bertz CT molecular complexity index is 1910. The lowest BCUT2D eigenvalue weighted by molar-refractivity contribution is -0.418. The number of carbonyl (C=O) groups excluding carboxylic acids is 2. The molecule has 0 saturated heterocycles. The highest BCUT2D eigenvalue weighted by atomic mass is 32.2. The Morgan fingerprint density at radius 1 is 0.889 bits per heavy atom. The van der Waals surface area contributed by atoms with E-state index in [9.17, 15) is 13.2 Å². The van der Waals surface area contributed by atoms with Crippen LogP contribution in [0.3, 0.4) is 0 Å². The van der Waals surface area contributed by atoms with Crippen LogP contribution in [0, 0.1) is 0 Å². The number of anilines is 2. The van der Waals surface area contributed by atoms with Crippen LogP contribution in [0.15, 0.2) is 124 Å². The lowest BCUT2D eigenvalue weighted by atomic mass is 9.85. The molecule has 8 heteroatoms. The van der Waals surface area contributed by atoms with Gasteiger partial charge in [-0.2, -0.15) is 4.31 Å². The highest BCUT2D eigenvalue weighted by Gasteiger charge is 2.27. The Balaban J connectivity index is 1.42. The molecule has 45 heavy (non-hydrogen) atoms. The van der Waals surface area contributed by atoms with E-state index >= 15 is 0 Å². The fourth-order valence-electron chi connectivity index (χ4n) is 5.42. The number of benzene rings is 3. The van der Waals surface area contributed by atoms with Crippen LogP contribution in [0.2, 0.25) is 0 Å². The van der Waals surface area contributed by atoms with Gasteiger partial charge in [0, 0.05) is 41.2 Å². The summed E-state index contributed by atoms with van der Waals surface area (Å²) in [5, 5.41) is 3.39. The third kappa shape index (κ3) is 6.67. The van der Waals surface area contributed by atoms with Crippen molar-refractivity contribution in [3.8, 4) is 0 Å². The standard InChI is InChI=1S/C37H36N2O5S/c1-6-39(7-2)45(41,42)32-16-13-26(14-17-32)20-28-23-36(44-5)29(24-35(28)43-4)22-34-25(3)19-27-21-31(15-18-33(27)37(34)40)38-30-11-9-8-10-12-30/h8-24H,6-7H2,1-5H3/p+1. The number of allylic oxidation sites excluding steroid dienone is 6. The van der Waals surface area contributed by atoms with Crippen molar-refractivity contribution in [3.63, 3.8) is 0 Å². The number of carbonyl (C=O) groups is 1. The third-order valence-electron chi connectivity index (χ3n) is 7.83. The van der Waals surface area contributed by atoms with Crippen LogP contribution in [0.5, 0.6) is 0 Å². The largest absolute Gasteiger partial charge is 0.496 e. The average molecular weight is 622 g/mol. The van der Waals surface area contributed by atoms with Gasteiger partial charge in [-0.05, 0) is 84.3 Å². The van der Waals surface area contributed by atoms with Gasteiger partial charge in [-0.25, -0.2) is 8.42 Å². The van der Waals surface area contributed by atoms with Crippen LogP contribution >= 0.6 is 0 Å². The van der Waals surface area contributed by atoms with Crippen molar-refractivity contribution in [2.45, 2.75) is 25.7 Å². The highest BCUT2D eigenvalue weighted by molar-refractivity contribution is 7.89. The molecule has 1 N–H and O–H groups in total. The van der Waals surface area contributed by atoms with Crippen molar-refractivity contribution >= 4 is 45.1 Å². The Kier molecular flexibility index (Phi) is 9.46. The molecule has 0 unspecified atom stereocenters. The Morgan fingerprint density at radius 3 is 2.24 bits per heavy atom. The number of ketones is 2. The Labute approximate surface area is 265 Å². The van der Waals surface area contributed by atoms with Crippen LogP contribution in [0.4, 0.5) is 11.4 Å². The van der Waals surface area contributed by atoms with Gasteiger partial charge in [-0.15, -0.1) is 0 Å². The summed E-state index contributed by atoms with van der Waals surface area (Å²) < 4.78 is 38.7. The molecule has 2 aliphatic carbocycles. The van der Waals surface area contributed by atoms with Crippen LogP contribution in [-0.2, 0) is 19.2 Å². The number of rotatable bonds is 9. The van der Waals surface area contributed by atoms with Crippen LogP contribution in [0.1, 0.15) is 42.3 Å². The second-order valence-electron chi connectivity index (χ2n) is 10.6. The van der Waals surface area contributed by atoms with E-state index in [0.717, 1.165) is 33.6 Å². The molecule has 5 rings (SSSR count). The average Bonchev–Trinajstić information content (AvgIpc) is 3.04. The van der Waals surface area contributed by atoms with Gasteiger partial charge in [0.05, 0.1) is 23.7 Å². The first-order valence-electron chi connectivity index (χ1n) is 14.8. The first kappa shape index (κ1) is 31.6. The summed E-state index contributed by atoms with van der Waals surface area (Å²) in [6.07, 6.45) is 9.47. The molecule has 230 valence electrons. The van der Waals surface area contributed by atoms with Gasteiger partial charge in [0.1, 0.15) is 5.76 Å². The fourth-order valence-corrected chi connectivity index (χ4v) is 6.88. The zero-order valence-corrected chi connectivity index (χ0v) is 26.9. The molecule has 0 bridgehead atoms. The van der Waals surface area contributed by atoms with E-state index in [1.807, 2.05) is 99.7 Å². The monoisotopic (exact) mass is 621 g/mol. The number of Topliss-reactive ketones (excluding diaryl/α,β-unsaturated/α-hetero) is 1. The number of nitrogens with zero attached hydrogens (tertiary/aromatic N) is 1. The second-order valence-corrected chi connectivity index (χ2v) is 12.6. The smallest absolute Gasteiger partial charge is 0.351 e. The number of ether oxygens (including phenoxy) is 1. The number of fused-ring (bicyclic) bond motifs is 1. The molecular formula is C37H37N2O5S+. The molecule has 0 fully saturated rings. The van der Waals surface area contributed by atoms with E-state index in [2.05, 4.69) is 5.32 Å². The van der Waals surface area contributed by atoms with Crippen molar-refractivity contribution in [3.05, 3.63) is 136 Å². The molecule has 3 aromatic carbocycles. The topological polar surface area (TPSA) is 87.0 Å². The van der Waals surface area contributed by atoms with Crippen molar-refractivity contribution < 1.29 is 22.4 Å². The molecule has 3 aromatic rings. The minimum absolute atomic E-state index is 0.0623. The number of hydrogen-bond donors (Lipinski definition) is 1. The highest BCUT2D eigenvalue weighted by Crippen LogP contribution is 2.33. The number of methoxy groups -OCH3 is 1. The minimum atomic E-state index is -3.54.